The first-order valence-electron chi connectivity index (χ1n) is 11.5. The average molecular weight is 443 g/mol. The highest BCUT2D eigenvalue weighted by Crippen LogP contribution is 2.34. The number of rotatable bonds is 10. The number of aliphatic hydroxyl groups excluding tert-OH is 1. The lowest BCUT2D eigenvalue weighted by Gasteiger charge is -2.37. The monoisotopic (exact) mass is 442 g/mol. The minimum atomic E-state index is -0.378. The maximum absolute atomic E-state index is 13.4. The number of carbonyl (C=O) groups excluding carboxylic acids is 1. The molecular formula is C25H34N2O3S. The standard InChI is InChI=1S/C25H34N2O3S/c1-3-20(28)15-26(14-19-7-8-19)16-25(29)27-11-9-24-22(10-12-31-24)23(27)17-30-21-6-4-5-18(2)13-21/h4-6,10,12-13,19-20,23,28H,3,7-9,11,14-17H2,1-2H3/t20-,23-/m0/s1. The Morgan fingerprint density at radius 2 is 2.19 bits per heavy atom. The van der Waals surface area contributed by atoms with Crippen LogP contribution in [0.3, 0.4) is 0 Å². The Kier molecular flexibility index (Phi) is 7.31. The van der Waals surface area contributed by atoms with Gasteiger partial charge >= 0.3 is 0 Å². The van der Waals surface area contributed by atoms with E-state index in [1.54, 1.807) is 11.3 Å². The Bertz CT molecular complexity index is 879. The first-order chi connectivity index (χ1) is 15.0. The van der Waals surface area contributed by atoms with E-state index in [1.165, 1.54) is 23.3 Å². The summed E-state index contributed by atoms with van der Waals surface area (Å²) >= 11 is 1.77. The molecule has 2 heterocycles. The third-order valence-electron chi connectivity index (χ3n) is 6.33. The van der Waals surface area contributed by atoms with Gasteiger partial charge in [0.1, 0.15) is 12.4 Å². The summed E-state index contributed by atoms with van der Waals surface area (Å²) < 4.78 is 6.15. The summed E-state index contributed by atoms with van der Waals surface area (Å²) in [5.41, 5.74) is 2.38. The van der Waals surface area contributed by atoms with Gasteiger partial charge in [-0.3, -0.25) is 9.69 Å². The summed E-state index contributed by atoms with van der Waals surface area (Å²) in [7, 11) is 0. The maximum Gasteiger partial charge on any atom is 0.237 e. The van der Waals surface area contributed by atoms with E-state index in [1.807, 2.05) is 30.0 Å². The fraction of sp³-hybridized carbons (Fsp3) is 0.560. The summed E-state index contributed by atoms with van der Waals surface area (Å²) in [6.45, 7) is 7.07. The average Bonchev–Trinajstić information content (AvgIpc) is 3.43. The molecule has 31 heavy (non-hydrogen) atoms. The molecule has 1 aliphatic heterocycles. The summed E-state index contributed by atoms with van der Waals surface area (Å²) in [4.78, 5) is 19.0. The predicted molar refractivity (Wildman–Crippen MR) is 125 cm³/mol. The minimum absolute atomic E-state index is 0.0677. The topological polar surface area (TPSA) is 53.0 Å². The summed E-state index contributed by atoms with van der Waals surface area (Å²) in [5.74, 6) is 1.66. The molecular weight excluding hydrogens is 408 g/mol. The van der Waals surface area contributed by atoms with Crippen LogP contribution in [0.15, 0.2) is 35.7 Å². The van der Waals surface area contributed by atoms with E-state index in [0.29, 0.717) is 32.0 Å². The Balaban J connectivity index is 1.46. The van der Waals surface area contributed by atoms with Gasteiger partial charge in [-0.2, -0.15) is 0 Å². The normalized spacial score (nSPS) is 19.4. The number of carbonyl (C=O) groups is 1. The first-order valence-corrected chi connectivity index (χ1v) is 12.4. The zero-order valence-electron chi connectivity index (χ0n) is 18.6. The van der Waals surface area contributed by atoms with Gasteiger partial charge in [-0.15, -0.1) is 11.3 Å². The highest BCUT2D eigenvalue weighted by Gasteiger charge is 2.34. The highest BCUT2D eigenvalue weighted by molar-refractivity contribution is 7.10. The molecule has 2 aromatic rings. The quantitative estimate of drug-likeness (QED) is 0.603. The number of amides is 1. The van der Waals surface area contributed by atoms with Gasteiger partial charge in [0.15, 0.2) is 0 Å². The van der Waals surface area contributed by atoms with Crippen LogP contribution in [0, 0.1) is 12.8 Å². The number of aryl methyl sites for hydroxylation is 1. The Morgan fingerprint density at radius 1 is 1.35 bits per heavy atom. The van der Waals surface area contributed by atoms with Crippen molar-refractivity contribution in [1.29, 1.82) is 0 Å². The molecule has 0 saturated heterocycles. The molecule has 2 atom stereocenters. The molecule has 1 saturated carbocycles. The molecule has 1 aliphatic carbocycles. The van der Waals surface area contributed by atoms with Gasteiger partial charge in [0, 0.05) is 24.5 Å². The summed E-state index contributed by atoms with van der Waals surface area (Å²) in [6, 6.07) is 10.1. The molecule has 1 aromatic heterocycles. The lowest BCUT2D eigenvalue weighted by Crippen LogP contribution is -2.48. The Morgan fingerprint density at radius 3 is 2.94 bits per heavy atom. The lowest BCUT2D eigenvalue weighted by molar-refractivity contribution is -0.136. The second-order valence-corrected chi connectivity index (χ2v) is 9.98. The van der Waals surface area contributed by atoms with E-state index in [4.69, 9.17) is 4.74 Å². The fourth-order valence-electron chi connectivity index (χ4n) is 4.33. The van der Waals surface area contributed by atoms with Crippen LogP contribution in [0.2, 0.25) is 0 Å². The van der Waals surface area contributed by atoms with Crippen LogP contribution in [0.4, 0.5) is 0 Å². The molecule has 2 aliphatic rings. The zero-order chi connectivity index (χ0) is 21.8. The highest BCUT2D eigenvalue weighted by atomic mass is 32.1. The second-order valence-electron chi connectivity index (χ2n) is 8.98. The van der Waals surface area contributed by atoms with Gasteiger partial charge in [0.25, 0.3) is 0 Å². The molecule has 168 valence electrons. The van der Waals surface area contributed by atoms with E-state index in [9.17, 15) is 9.90 Å². The van der Waals surface area contributed by atoms with Crippen molar-refractivity contribution in [3.63, 3.8) is 0 Å². The third kappa shape index (κ3) is 5.88. The van der Waals surface area contributed by atoms with Crippen LogP contribution in [-0.2, 0) is 11.2 Å². The van der Waals surface area contributed by atoms with Crippen molar-refractivity contribution >= 4 is 17.2 Å². The molecule has 0 bridgehead atoms. The minimum Gasteiger partial charge on any atom is -0.491 e. The molecule has 1 N–H and O–H groups in total. The number of ether oxygens (including phenoxy) is 1. The molecule has 0 spiro atoms. The van der Waals surface area contributed by atoms with E-state index in [-0.39, 0.29) is 18.1 Å². The fourth-order valence-corrected chi connectivity index (χ4v) is 5.26. The number of hydrogen-bond donors (Lipinski definition) is 1. The molecule has 1 amide bonds. The van der Waals surface area contributed by atoms with Gasteiger partial charge in [0.2, 0.25) is 5.91 Å². The van der Waals surface area contributed by atoms with Crippen LogP contribution in [0.25, 0.3) is 0 Å². The lowest BCUT2D eigenvalue weighted by atomic mass is 10.0. The Labute approximate surface area is 189 Å². The molecule has 0 unspecified atom stereocenters. The van der Waals surface area contributed by atoms with Gasteiger partial charge in [-0.1, -0.05) is 19.1 Å². The van der Waals surface area contributed by atoms with Gasteiger partial charge in [-0.25, -0.2) is 0 Å². The molecule has 0 radical (unpaired) electrons. The predicted octanol–water partition coefficient (Wildman–Crippen LogP) is 4.04. The molecule has 6 heteroatoms. The zero-order valence-corrected chi connectivity index (χ0v) is 19.4. The van der Waals surface area contributed by atoms with Crippen LogP contribution in [0.5, 0.6) is 5.75 Å². The third-order valence-corrected chi connectivity index (χ3v) is 7.32. The summed E-state index contributed by atoms with van der Waals surface area (Å²) in [5, 5.41) is 12.3. The SMILES string of the molecule is CC[C@H](O)CN(CC(=O)N1CCc2sccc2[C@@H]1COc1cccc(C)c1)CC1CC1. The van der Waals surface area contributed by atoms with Crippen LogP contribution in [-0.4, -0.2) is 59.7 Å². The number of thiophene rings is 1. The number of hydrogen-bond acceptors (Lipinski definition) is 5. The molecule has 4 rings (SSSR count). The second kappa shape index (κ2) is 10.2. The van der Waals surface area contributed by atoms with Gasteiger partial charge in [0.05, 0.1) is 18.7 Å². The van der Waals surface area contributed by atoms with E-state index in [0.717, 1.165) is 30.8 Å². The van der Waals surface area contributed by atoms with E-state index >= 15 is 0 Å². The van der Waals surface area contributed by atoms with Crippen molar-refractivity contribution in [2.45, 2.75) is 51.7 Å². The van der Waals surface area contributed by atoms with Gasteiger partial charge < -0.3 is 14.7 Å². The molecule has 5 nitrogen and oxygen atoms in total. The van der Waals surface area contributed by atoms with Gasteiger partial charge in [-0.05, 0) is 73.2 Å². The summed E-state index contributed by atoms with van der Waals surface area (Å²) in [6.07, 6.45) is 3.71. The number of nitrogens with zero attached hydrogens (tertiary/aromatic N) is 2. The maximum atomic E-state index is 13.4. The van der Waals surface area contributed by atoms with Crippen molar-refractivity contribution in [2.24, 2.45) is 5.92 Å². The van der Waals surface area contributed by atoms with Crippen LogP contribution < -0.4 is 4.74 Å². The van der Waals surface area contributed by atoms with Crippen molar-refractivity contribution < 1.29 is 14.6 Å². The van der Waals surface area contributed by atoms with Crippen LogP contribution >= 0.6 is 11.3 Å². The molecule has 1 aromatic carbocycles. The van der Waals surface area contributed by atoms with Crippen molar-refractivity contribution in [1.82, 2.24) is 9.80 Å². The smallest absolute Gasteiger partial charge is 0.237 e. The van der Waals surface area contributed by atoms with E-state index in [2.05, 4.69) is 29.3 Å². The number of aliphatic hydroxyl groups is 1. The van der Waals surface area contributed by atoms with E-state index < -0.39 is 0 Å². The van der Waals surface area contributed by atoms with Crippen molar-refractivity contribution in [2.75, 3.05) is 32.8 Å². The van der Waals surface area contributed by atoms with Crippen molar-refractivity contribution in [3.05, 3.63) is 51.7 Å². The number of benzene rings is 1. The number of fused-ring (bicyclic) bond motifs is 1. The van der Waals surface area contributed by atoms with Crippen LogP contribution in [0.1, 0.15) is 48.2 Å². The first kappa shape index (κ1) is 22.3. The Hall–Kier alpha value is -1.89. The molecule has 1 fully saturated rings. The largest absolute Gasteiger partial charge is 0.491 e. The van der Waals surface area contributed by atoms with Crippen molar-refractivity contribution in [3.8, 4) is 5.75 Å².